The van der Waals surface area contributed by atoms with E-state index in [-0.39, 0.29) is 27.6 Å². The number of amides is 1. The summed E-state index contributed by atoms with van der Waals surface area (Å²) in [6.45, 7) is 1.22. The predicted octanol–water partition coefficient (Wildman–Crippen LogP) is 3.16. The van der Waals surface area contributed by atoms with E-state index >= 15 is 0 Å². The molecule has 5 rings (SSSR count). The minimum Gasteiger partial charge on any atom is -0.322 e. The van der Waals surface area contributed by atoms with E-state index in [1.165, 1.54) is 46.8 Å². The largest absolute Gasteiger partial charge is 0.322 e. The normalized spacial score (nSPS) is 16.1. The number of amidine groups is 1. The molecule has 3 aromatic carbocycles. The van der Waals surface area contributed by atoms with E-state index in [9.17, 15) is 21.6 Å². The van der Waals surface area contributed by atoms with E-state index in [2.05, 4.69) is 15.0 Å². The van der Waals surface area contributed by atoms with Gasteiger partial charge in [-0.05, 0) is 60.4 Å². The monoisotopic (exact) mass is 538 g/mol. The summed E-state index contributed by atoms with van der Waals surface area (Å²) in [5, 5.41) is 2.67. The Morgan fingerprint density at radius 3 is 2.38 bits per heavy atom. The van der Waals surface area contributed by atoms with Gasteiger partial charge in [-0.3, -0.25) is 14.5 Å². The number of nitrogens with zero attached hydrogens (tertiary/aromatic N) is 2. The number of carbonyl (C=O) groups is 1. The van der Waals surface area contributed by atoms with Gasteiger partial charge in [-0.1, -0.05) is 36.4 Å². The number of carbonyl (C=O) groups excluding carboxylic acids is 1. The van der Waals surface area contributed by atoms with Crippen molar-refractivity contribution >= 4 is 37.5 Å². The van der Waals surface area contributed by atoms with Gasteiger partial charge in [-0.15, -0.1) is 0 Å². The molecular weight excluding hydrogens is 512 g/mol. The first-order chi connectivity index (χ1) is 17.7. The van der Waals surface area contributed by atoms with Crippen LogP contribution < -0.4 is 10.0 Å². The van der Waals surface area contributed by atoms with E-state index in [1.807, 2.05) is 24.3 Å². The lowest BCUT2D eigenvalue weighted by molar-refractivity contribution is 0.102. The number of sulfonamides is 2. The zero-order valence-corrected chi connectivity index (χ0v) is 21.6. The molecule has 0 saturated heterocycles. The average Bonchev–Trinajstić information content (AvgIpc) is 3.41. The predicted molar refractivity (Wildman–Crippen MR) is 140 cm³/mol. The summed E-state index contributed by atoms with van der Waals surface area (Å²) in [5.41, 5.74) is 2.51. The molecule has 192 valence electrons. The zero-order chi connectivity index (χ0) is 26.0. The quantitative estimate of drug-likeness (QED) is 0.499. The smallest absolute Gasteiger partial charge is 0.262 e. The molecule has 0 atom stereocenters. The molecule has 9 nitrogen and oxygen atoms in total. The Labute approximate surface area is 216 Å². The molecule has 0 unspecified atom stereocenters. The van der Waals surface area contributed by atoms with E-state index in [0.29, 0.717) is 31.8 Å². The first kappa shape index (κ1) is 25.1. The highest BCUT2D eigenvalue weighted by Gasteiger charge is 2.29. The van der Waals surface area contributed by atoms with Crippen LogP contribution in [0, 0.1) is 0 Å². The number of nitrogens with one attached hydrogen (secondary N) is 2. The average molecular weight is 539 g/mol. The van der Waals surface area contributed by atoms with Gasteiger partial charge < -0.3 is 5.32 Å². The van der Waals surface area contributed by atoms with Gasteiger partial charge in [0.2, 0.25) is 10.0 Å². The molecule has 2 heterocycles. The van der Waals surface area contributed by atoms with Crippen LogP contribution in [0.5, 0.6) is 0 Å². The number of rotatable bonds is 6. The SMILES string of the molecule is O=C(Nc1cccc(S(=O)(=O)NC2=NCCC2)c1)c1cccc(S(=O)(=O)N2CCc3ccccc3C2)c1. The third-order valence-corrected chi connectivity index (χ3v) is 9.58. The Bertz CT molecular complexity index is 1600. The van der Waals surface area contributed by atoms with Crippen LogP contribution >= 0.6 is 0 Å². The first-order valence-electron chi connectivity index (χ1n) is 11.9. The Balaban J connectivity index is 1.32. The second kappa shape index (κ2) is 10.1. The number of hydrogen-bond acceptors (Lipinski definition) is 6. The molecule has 0 saturated carbocycles. The van der Waals surface area contributed by atoms with Gasteiger partial charge in [-0.2, -0.15) is 4.31 Å². The number of aliphatic imine (C=N–C) groups is 1. The van der Waals surface area contributed by atoms with Crippen LogP contribution in [0.3, 0.4) is 0 Å². The topological polar surface area (TPSA) is 125 Å². The maximum absolute atomic E-state index is 13.3. The van der Waals surface area contributed by atoms with Crippen LogP contribution in [-0.4, -0.2) is 46.0 Å². The van der Waals surface area contributed by atoms with Crippen LogP contribution in [0.25, 0.3) is 0 Å². The van der Waals surface area contributed by atoms with Crippen molar-refractivity contribution in [1.82, 2.24) is 9.03 Å². The fraction of sp³-hybridized carbons (Fsp3) is 0.231. The number of fused-ring (bicyclic) bond motifs is 1. The second-order valence-electron chi connectivity index (χ2n) is 8.90. The summed E-state index contributed by atoms with van der Waals surface area (Å²) in [5.74, 6) is -0.131. The third-order valence-electron chi connectivity index (χ3n) is 6.36. The minimum atomic E-state index is -3.84. The summed E-state index contributed by atoms with van der Waals surface area (Å²) >= 11 is 0. The van der Waals surface area contributed by atoms with Gasteiger partial charge in [0.1, 0.15) is 5.84 Å². The summed E-state index contributed by atoms with van der Waals surface area (Å²) < 4.78 is 56.0. The standard InChI is InChI=1S/C26H26N4O5S2/c31-26(28-22-9-4-10-23(17-22)36(32,33)29-25-12-5-14-27-25)20-8-3-11-24(16-20)37(34,35)30-15-13-19-6-1-2-7-21(19)18-30/h1-4,6-11,16-17H,5,12-15,18H2,(H,27,29)(H,28,31). The van der Waals surface area contributed by atoms with Crippen LogP contribution in [0.2, 0.25) is 0 Å². The molecule has 0 radical (unpaired) electrons. The number of benzene rings is 3. The number of hydrogen-bond donors (Lipinski definition) is 2. The van der Waals surface area contributed by atoms with Gasteiger partial charge in [0.15, 0.2) is 0 Å². The molecule has 2 aliphatic heterocycles. The molecule has 1 amide bonds. The lowest BCUT2D eigenvalue weighted by atomic mass is 10.0. The Hall–Kier alpha value is -3.54. The third kappa shape index (κ3) is 5.43. The molecule has 37 heavy (non-hydrogen) atoms. The van der Waals surface area contributed by atoms with E-state index in [1.54, 1.807) is 6.07 Å². The summed E-state index contributed by atoms with van der Waals surface area (Å²) in [6.07, 6.45) is 1.99. The van der Waals surface area contributed by atoms with Crippen molar-refractivity contribution in [3.63, 3.8) is 0 Å². The van der Waals surface area contributed by atoms with Crippen molar-refractivity contribution in [2.24, 2.45) is 4.99 Å². The zero-order valence-electron chi connectivity index (χ0n) is 19.9. The Morgan fingerprint density at radius 1 is 0.838 bits per heavy atom. The maximum Gasteiger partial charge on any atom is 0.262 e. The molecule has 3 aromatic rings. The minimum absolute atomic E-state index is 0.0124. The molecule has 11 heteroatoms. The molecule has 2 aliphatic rings. The van der Waals surface area contributed by atoms with Crippen LogP contribution in [0.15, 0.2) is 87.6 Å². The highest BCUT2D eigenvalue weighted by molar-refractivity contribution is 7.90. The van der Waals surface area contributed by atoms with Gasteiger partial charge >= 0.3 is 0 Å². The van der Waals surface area contributed by atoms with Crippen LogP contribution in [-0.2, 0) is 33.0 Å². The fourth-order valence-electron chi connectivity index (χ4n) is 4.40. The molecule has 0 fully saturated rings. The molecule has 0 aromatic heterocycles. The molecule has 0 aliphatic carbocycles. The second-order valence-corrected chi connectivity index (χ2v) is 12.5. The number of anilines is 1. The van der Waals surface area contributed by atoms with Crippen molar-refractivity contribution in [3.05, 3.63) is 89.5 Å². The van der Waals surface area contributed by atoms with Crippen LogP contribution in [0.4, 0.5) is 5.69 Å². The van der Waals surface area contributed by atoms with E-state index < -0.39 is 26.0 Å². The van der Waals surface area contributed by atoms with Gasteiger partial charge in [0.05, 0.1) is 9.79 Å². The van der Waals surface area contributed by atoms with Crippen molar-refractivity contribution in [2.45, 2.75) is 35.6 Å². The highest BCUT2D eigenvalue weighted by atomic mass is 32.2. The van der Waals surface area contributed by atoms with Gasteiger partial charge in [0, 0.05) is 37.3 Å². The van der Waals surface area contributed by atoms with E-state index in [4.69, 9.17) is 0 Å². The summed E-state index contributed by atoms with van der Waals surface area (Å²) in [6, 6.07) is 19.5. The fourth-order valence-corrected chi connectivity index (χ4v) is 7.00. The van der Waals surface area contributed by atoms with Crippen molar-refractivity contribution < 1.29 is 21.6 Å². The van der Waals surface area contributed by atoms with Gasteiger partial charge in [-0.25, -0.2) is 16.8 Å². The van der Waals surface area contributed by atoms with Crippen molar-refractivity contribution in [1.29, 1.82) is 0 Å². The molecule has 0 bridgehead atoms. The molecule has 0 spiro atoms. The van der Waals surface area contributed by atoms with Crippen LogP contribution in [0.1, 0.15) is 34.3 Å². The Kier molecular flexibility index (Phi) is 6.84. The summed E-state index contributed by atoms with van der Waals surface area (Å²) in [7, 11) is -7.66. The first-order valence-corrected chi connectivity index (χ1v) is 14.8. The molecule has 2 N–H and O–H groups in total. The maximum atomic E-state index is 13.3. The van der Waals surface area contributed by atoms with Crippen molar-refractivity contribution in [3.8, 4) is 0 Å². The Morgan fingerprint density at radius 2 is 1.59 bits per heavy atom. The van der Waals surface area contributed by atoms with Crippen molar-refractivity contribution in [2.75, 3.05) is 18.4 Å². The lowest BCUT2D eigenvalue weighted by Crippen LogP contribution is -2.36. The molecular formula is C26H26N4O5S2. The highest BCUT2D eigenvalue weighted by Crippen LogP contribution is 2.26. The lowest BCUT2D eigenvalue weighted by Gasteiger charge is -2.28. The van der Waals surface area contributed by atoms with Gasteiger partial charge in [0.25, 0.3) is 15.9 Å². The van der Waals surface area contributed by atoms with E-state index in [0.717, 1.165) is 17.5 Å². The summed E-state index contributed by atoms with van der Waals surface area (Å²) in [4.78, 5) is 17.1.